The number of likely N-dealkylation sites (tertiary alicyclic amines) is 1. The van der Waals surface area contributed by atoms with Gasteiger partial charge < -0.3 is 20.2 Å². The van der Waals surface area contributed by atoms with Crippen molar-refractivity contribution in [2.45, 2.75) is 48.8 Å². The summed E-state index contributed by atoms with van der Waals surface area (Å²) in [6.07, 6.45) is 0.813. The Morgan fingerprint density at radius 3 is 2.86 bits per heavy atom. The molecule has 22 heavy (non-hydrogen) atoms. The van der Waals surface area contributed by atoms with Crippen LogP contribution in [0.25, 0.3) is 0 Å². The molecule has 5 heteroatoms. The lowest BCUT2D eigenvalue weighted by molar-refractivity contribution is -0.185. The Labute approximate surface area is 129 Å². The molecule has 3 N–H and O–H groups in total. The van der Waals surface area contributed by atoms with Crippen molar-refractivity contribution in [3.05, 3.63) is 29.3 Å². The second-order valence-electron chi connectivity index (χ2n) is 7.04. The number of hydrogen-bond acceptors (Lipinski definition) is 5. The van der Waals surface area contributed by atoms with E-state index >= 15 is 0 Å². The number of fused-ring (bicyclic) bond motifs is 1. The number of carbonyl (C=O) groups excluding carboxylic acids is 1. The van der Waals surface area contributed by atoms with E-state index in [1.54, 1.807) is 12.1 Å². The van der Waals surface area contributed by atoms with Gasteiger partial charge in [-0.25, -0.2) is 0 Å². The maximum absolute atomic E-state index is 13.0. The standard InChI is InChI=1S/C17H21NO4/c1-18-7-6-16-12-9-11(19)3-2-10(12)8-14(18)17(16,22)5-4-13(20)15(16)21/h2-3,9,13-14,19-20,22H,4-8H2,1H3/t13?,14-,16+,17-/m1/s1. The van der Waals surface area contributed by atoms with Gasteiger partial charge in [0.25, 0.3) is 0 Å². The molecule has 1 saturated carbocycles. The van der Waals surface area contributed by atoms with Gasteiger partial charge in [0, 0.05) is 6.04 Å². The highest BCUT2D eigenvalue weighted by Crippen LogP contribution is 2.56. The number of hydrogen-bond donors (Lipinski definition) is 3. The molecule has 2 aliphatic carbocycles. The molecule has 4 atom stereocenters. The van der Waals surface area contributed by atoms with E-state index in [9.17, 15) is 20.1 Å². The highest BCUT2D eigenvalue weighted by molar-refractivity contribution is 5.97. The summed E-state index contributed by atoms with van der Waals surface area (Å²) in [7, 11) is 1.98. The molecule has 0 radical (unpaired) electrons. The van der Waals surface area contributed by atoms with Crippen LogP contribution in [0.3, 0.4) is 0 Å². The van der Waals surface area contributed by atoms with Gasteiger partial charge in [0.15, 0.2) is 5.78 Å². The summed E-state index contributed by atoms with van der Waals surface area (Å²) < 4.78 is 0. The number of nitrogens with zero attached hydrogens (tertiary/aromatic N) is 1. The summed E-state index contributed by atoms with van der Waals surface area (Å²) in [5, 5.41) is 31.6. The molecule has 1 heterocycles. The van der Waals surface area contributed by atoms with Crippen molar-refractivity contribution in [3.8, 4) is 5.75 Å². The van der Waals surface area contributed by atoms with E-state index in [2.05, 4.69) is 4.90 Å². The molecule has 0 spiro atoms. The first-order valence-corrected chi connectivity index (χ1v) is 7.87. The van der Waals surface area contributed by atoms with E-state index in [1.807, 2.05) is 13.1 Å². The van der Waals surface area contributed by atoms with Crippen LogP contribution in [-0.2, 0) is 16.6 Å². The van der Waals surface area contributed by atoms with E-state index < -0.39 is 17.1 Å². The van der Waals surface area contributed by atoms with Gasteiger partial charge in [-0.3, -0.25) is 4.79 Å². The molecule has 1 aliphatic heterocycles. The van der Waals surface area contributed by atoms with Gasteiger partial charge in [0.2, 0.25) is 0 Å². The monoisotopic (exact) mass is 303 g/mol. The van der Waals surface area contributed by atoms with E-state index in [0.29, 0.717) is 37.8 Å². The average Bonchev–Trinajstić information content (AvgIpc) is 2.48. The molecule has 0 amide bonds. The fourth-order valence-electron chi connectivity index (χ4n) is 5.03. The number of phenolic OH excluding ortho intramolecular Hbond substituents is 1. The number of aliphatic hydroxyl groups is 2. The zero-order chi connectivity index (χ0) is 15.7. The number of rotatable bonds is 0. The number of aliphatic hydroxyl groups excluding tert-OH is 1. The van der Waals surface area contributed by atoms with Crippen molar-refractivity contribution in [2.24, 2.45) is 0 Å². The number of Topliss-reactive ketones (excluding diaryl/α,β-unsaturated/α-hetero) is 1. The van der Waals surface area contributed by atoms with Gasteiger partial charge >= 0.3 is 0 Å². The van der Waals surface area contributed by atoms with E-state index in [4.69, 9.17) is 0 Å². The average molecular weight is 303 g/mol. The second-order valence-corrected chi connectivity index (χ2v) is 7.04. The third-order valence-electron chi connectivity index (χ3n) is 6.15. The molecule has 1 aromatic carbocycles. The number of likely N-dealkylation sites (N-methyl/N-ethyl adjacent to an activating group) is 1. The van der Waals surface area contributed by atoms with Crippen LogP contribution < -0.4 is 0 Å². The van der Waals surface area contributed by atoms with E-state index in [0.717, 1.165) is 5.56 Å². The summed E-state index contributed by atoms with van der Waals surface area (Å²) in [6.45, 7) is 0.695. The lowest BCUT2D eigenvalue weighted by atomic mass is 9.48. The minimum atomic E-state index is -1.17. The molecular weight excluding hydrogens is 282 g/mol. The lowest BCUT2D eigenvalue weighted by Gasteiger charge is -2.62. The van der Waals surface area contributed by atoms with Crippen LogP contribution in [-0.4, -0.2) is 57.3 Å². The second kappa shape index (κ2) is 4.31. The van der Waals surface area contributed by atoms with Crippen molar-refractivity contribution in [1.82, 2.24) is 4.90 Å². The lowest BCUT2D eigenvalue weighted by Crippen LogP contribution is -2.76. The highest BCUT2D eigenvalue weighted by atomic mass is 16.3. The zero-order valence-corrected chi connectivity index (χ0v) is 12.6. The number of carbonyl (C=O) groups is 1. The highest BCUT2D eigenvalue weighted by Gasteiger charge is 2.68. The summed E-state index contributed by atoms with van der Waals surface area (Å²) in [4.78, 5) is 15.1. The molecule has 118 valence electrons. The van der Waals surface area contributed by atoms with Crippen molar-refractivity contribution in [3.63, 3.8) is 0 Å². The van der Waals surface area contributed by atoms with Crippen LogP contribution >= 0.6 is 0 Å². The van der Waals surface area contributed by atoms with Gasteiger partial charge in [-0.2, -0.15) is 0 Å². The molecular formula is C17H21NO4. The summed E-state index contributed by atoms with van der Waals surface area (Å²) in [5.41, 5.74) is -0.560. The number of ketones is 1. The number of aromatic hydroxyl groups is 1. The van der Waals surface area contributed by atoms with Gasteiger partial charge in [0.1, 0.15) is 11.9 Å². The Bertz CT molecular complexity index is 660. The van der Waals surface area contributed by atoms with Crippen molar-refractivity contribution < 1.29 is 20.1 Å². The first-order chi connectivity index (χ1) is 10.4. The minimum absolute atomic E-state index is 0.0979. The summed E-state index contributed by atoms with van der Waals surface area (Å²) in [5.74, 6) is -0.188. The maximum Gasteiger partial charge on any atom is 0.174 e. The van der Waals surface area contributed by atoms with Gasteiger partial charge in [-0.1, -0.05) is 6.07 Å². The summed E-state index contributed by atoms with van der Waals surface area (Å²) in [6, 6.07) is 4.94. The number of phenols is 1. The molecule has 1 aromatic rings. The van der Waals surface area contributed by atoms with Gasteiger partial charge in [0.05, 0.1) is 11.0 Å². The fourth-order valence-corrected chi connectivity index (χ4v) is 5.03. The third-order valence-corrected chi connectivity index (χ3v) is 6.15. The van der Waals surface area contributed by atoms with E-state index in [1.165, 1.54) is 0 Å². The summed E-state index contributed by atoms with van der Waals surface area (Å²) >= 11 is 0. The zero-order valence-electron chi connectivity index (χ0n) is 12.6. The largest absolute Gasteiger partial charge is 0.508 e. The van der Waals surface area contributed by atoms with Crippen LogP contribution in [0.2, 0.25) is 0 Å². The van der Waals surface area contributed by atoms with Crippen molar-refractivity contribution in [2.75, 3.05) is 13.6 Å². The molecule has 1 saturated heterocycles. The van der Waals surface area contributed by atoms with Crippen LogP contribution in [0.4, 0.5) is 0 Å². The molecule has 5 nitrogen and oxygen atoms in total. The predicted octanol–water partition coefficient (Wildman–Crippen LogP) is 0.345. The molecule has 2 bridgehead atoms. The van der Waals surface area contributed by atoms with Crippen molar-refractivity contribution in [1.29, 1.82) is 0 Å². The van der Waals surface area contributed by atoms with Crippen LogP contribution in [0.15, 0.2) is 18.2 Å². The normalized spacial score (nSPS) is 41.0. The fraction of sp³-hybridized carbons (Fsp3) is 0.588. The molecule has 2 fully saturated rings. The topological polar surface area (TPSA) is 81.0 Å². The van der Waals surface area contributed by atoms with Crippen LogP contribution in [0.5, 0.6) is 5.75 Å². The quantitative estimate of drug-likeness (QED) is 0.644. The van der Waals surface area contributed by atoms with Gasteiger partial charge in [-0.15, -0.1) is 0 Å². The Morgan fingerprint density at radius 1 is 1.32 bits per heavy atom. The first-order valence-electron chi connectivity index (χ1n) is 7.87. The molecule has 1 unspecified atom stereocenters. The first kappa shape index (κ1) is 14.2. The Hall–Kier alpha value is -1.43. The minimum Gasteiger partial charge on any atom is -0.508 e. The van der Waals surface area contributed by atoms with Gasteiger partial charge in [-0.05, 0) is 62.5 Å². The van der Waals surface area contributed by atoms with Crippen LogP contribution in [0, 0.1) is 0 Å². The maximum atomic E-state index is 13.0. The SMILES string of the molecule is CN1CC[C@]23C(=O)C(O)CC[C@@]2(O)[C@H]1Cc1ccc(O)cc13. The smallest absolute Gasteiger partial charge is 0.174 e. The Balaban J connectivity index is 2.02. The third kappa shape index (κ3) is 1.46. The Kier molecular flexibility index (Phi) is 2.78. The van der Waals surface area contributed by atoms with Crippen LogP contribution in [0.1, 0.15) is 30.4 Å². The van der Waals surface area contributed by atoms with E-state index in [-0.39, 0.29) is 17.6 Å². The molecule has 4 rings (SSSR count). The molecule has 3 aliphatic rings. The number of benzene rings is 1. The molecule has 0 aromatic heterocycles. The Morgan fingerprint density at radius 2 is 2.09 bits per heavy atom. The number of piperidine rings is 1. The van der Waals surface area contributed by atoms with Crippen molar-refractivity contribution >= 4 is 5.78 Å². The predicted molar refractivity (Wildman–Crippen MR) is 79.7 cm³/mol.